The maximum atomic E-state index is 12.8. The summed E-state index contributed by atoms with van der Waals surface area (Å²) in [5.74, 6) is -0.871. The molecule has 1 heterocycles. The van der Waals surface area contributed by atoms with Crippen LogP contribution in [0.25, 0.3) is 11.0 Å². The number of fused-ring (bicyclic) bond motifs is 1. The number of nitrogens with zero attached hydrogens (tertiary/aromatic N) is 2. The Morgan fingerprint density at radius 1 is 1.03 bits per heavy atom. The minimum absolute atomic E-state index is 0.00480. The smallest absolute Gasteiger partial charge is 0.476 e. The number of anilines is 1. The van der Waals surface area contributed by atoms with Gasteiger partial charge in [-0.2, -0.15) is 0 Å². The molecule has 3 aromatic rings. The number of hydrogen-bond donors (Lipinski definition) is 1. The van der Waals surface area contributed by atoms with Crippen molar-refractivity contribution >= 4 is 22.6 Å². The van der Waals surface area contributed by atoms with Crippen molar-refractivity contribution in [1.29, 1.82) is 0 Å². The van der Waals surface area contributed by atoms with E-state index in [0.29, 0.717) is 24.1 Å². The zero-order valence-electron chi connectivity index (χ0n) is 16.6. The molecule has 0 saturated heterocycles. The highest BCUT2D eigenvalue weighted by Gasteiger charge is 2.31. The van der Waals surface area contributed by atoms with E-state index in [1.54, 1.807) is 0 Å². The number of carbonyl (C=O) groups excluding carboxylic acids is 1. The minimum atomic E-state index is -4.78. The molecule has 0 aliphatic rings. The van der Waals surface area contributed by atoms with Gasteiger partial charge in [0.05, 0.1) is 17.6 Å². The van der Waals surface area contributed by atoms with Crippen LogP contribution in [0.5, 0.6) is 11.6 Å². The highest BCUT2D eigenvalue weighted by molar-refractivity contribution is 6.05. The topological polar surface area (TPSA) is 73.3 Å². The summed E-state index contributed by atoms with van der Waals surface area (Å²) in [6.07, 6.45) is -4.07. The molecule has 1 N–H and O–H groups in total. The molecule has 0 atom stereocenters. The Balaban J connectivity index is 1.89. The summed E-state index contributed by atoms with van der Waals surface area (Å²) < 4.78 is 46.3. The van der Waals surface area contributed by atoms with Crippen molar-refractivity contribution in [2.24, 2.45) is 0 Å². The fraction of sp³-hybridized carbons (Fsp3) is 0.286. The van der Waals surface area contributed by atoms with Gasteiger partial charge < -0.3 is 14.8 Å². The van der Waals surface area contributed by atoms with E-state index >= 15 is 0 Å². The van der Waals surface area contributed by atoms with E-state index in [4.69, 9.17) is 4.74 Å². The van der Waals surface area contributed by atoms with E-state index in [2.05, 4.69) is 20.0 Å². The van der Waals surface area contributed by atoms with Crippen molar-refractivity contribution in [1.82, 2.24) is 9.97 Å². The second-order valence-electron chi connectivity index (χ2n) is 6.68. The number of halogens is 3. The Hall–Kier alpha value is -3.36. The third-order valence-electron chi connectivity index (χ3n) is 4.25. The Bertz CT molecular complexity index is 1070. The summed E-state index contributed by atoms with van der Waals surface area (Å²) in [7, 11) is 0. The molecule has 2 aromatic carbocycles. The van der Waals surface area contributed by atoms with Crippen LogP contribution in [0.4, 0.5) is 18.9 Å². The van der Waals surface area contributed by atoms with Crippen LogP contribution in [-0.4, -0.2) is 28.8 Å². The van der Waals surface area contributed by atoms with Crippen LogP contribution in [0.3, 0.4) is 0 Å². The highest BCUT2D eigenvalue weighted by Crippen LogP contribution is 2.26. The first-order valence-electron chi connectivity index (χ1n) is 9.25. The second-order valence-corrected chi connectivity index (χ2v) is 6.68. The van der Waals surface area contributed by atoms with Gasteiger partial charge >= 0.3 is 6.36 Å². The average molecular weight is 419 g/mol. The molecule has 1 aromatic heterocycles. The van der Waals surface area contributed by atoms with Gasteiger partial charge in [-0.1, -0.05) is 6.92 Å². The zero-order valence-corrected chi connectivity index (χ0v) is 16.6. The molecule has 3 rings (SSSR count). The maximum absolute atomic E-state index is 12.8. The number of rotatable bonds is 6. The quantitative estimate of drug-likeness (QED) is 0.596. The molecule has 158 valence electrons. The lowest BCUT2D eigenvalue weighted by atomic mass is 10.1. The first kappa shape index (κ1) is 21.4. The van der Waals surface area contributed by atoms with E-state index < -0.39 is 12.3 Å². The number of alkyl halides is 3. The van der Waals surface area contributed by atoms with Gasteiger partial charge in [0, 0.05) is 5.69 Å². The largest absolute Gasteiger partial charge is 0.573 e. The SMILES string of the molecule is CCCOc1nc2cc(C)c(C)cc2nc1C(=O)Nc1ccc(OC(F)(F)F)cc1. The monoisotopic (exact) mass is 419 g/mol. The number of aryl methyl sites for hydroxylation is 2. The molecule has 0 fully saturated rings. The van der Waals surface area contributed by atoms with E-state index in [-0.39, 0.29) is 23.0 Å². The van der Waals surface area contributed by atoms with Gasteiger partial charge in [0.25, 0.3) is 5.91 Å². The van der Waals surface area contributed by atoms with Gasteiger partial charge in [0.1, 0.15) is 5.75 Å². The molecule has 0 saturated carbocycles. The van der Waals surface area contributed by atoms with Gasteiger partial charge in [-0.3, -0.25) is 4.79 Å². The van der Waals surface area contributed by atoms with Gasteiger partial charge in [-0.05, 0) is 67.8 Å². The summed E-state index contributed by atoms with van der Waals surface area (Å²) in [6.45, 7) is 6.17. The Morgan fingerprint density at radius 2 is 1.63 bits per heavy atom. The third-order valence-corrected chi connectivity index (χ3v) is 4.25. The molecule has 0 spiro atoms. The summed E-state index contributed by atoms with van der Waals surface area (Å²) in [6, 6.07) is 8.52. The molecule has 0 aliphatic heterocycles. The van der Waals surface area contributed by atoms with E-state index in [1.165, 1.54) is 12.1 Å². The Labute approximate surface area is 171 Å². The zero-order chi connectivity index (χ0) is 21.9. The molecule has 0 aliphatic carbocycles. The van der Waals surface area contributed by atoms with Crippen molar-refractivity contribution < 1.29 is 27.4 Å². The molecule has 0 bridgehead atoms. The predicted molar refractivity (Wildman–Crippen MR) is 106 cm³/mol. The number of amides is 1. The van der Waals surface area contributed by atoms with Crippen LogP contribution < -0.4 is 14.8 Å². The van der Waals surface area contributed by atoms with Crippen LogP contribution in [0, 0.1) is 13.8 Å². The summed E-state index contributed by atoms with van der Waals surface area (Å²) in [5, 5.41) is 2.60. The van der Waals surface area contributed by atoms with Gasteiger partial charge in [0.2, 0.25) is 5.88 Å². The normalized spacial score (nSPS) is 11.4. The van der Waals surface area contributed by atoms with Crippen molar-refractivity contribution in [3.8, 4) is 11.6 Å². The van der Waals surface area contributed by atoms with E-state index in [0.717, 1.165) is 23.3 Å². The highest BCUT2D eigenvalue weighted by atomic mass is 19.4. The van der Waals surface area contributed by atoms with Crippen LogP contribution in [0.2, 0.25) is 0 Å². The second kappa shape index (κ2) is 8.56. The molecule has 30 heavy (non-hydrogen) atoms. The van der Waals surface area contributed by atoms with Crippen molar-refractivity contribution in [3.05, 3.63) is 53.2 Å². The molecular weight excluding hydrogens is 399 g/mol. The maximum Gasteiger partial charge on any atom is 0.573 e. The number of benzene rings is 2. The van der Waals surface area contributed by atoms with E-state index in [1.807, 2.05) is 32.9 Å². The van der Waals surface area contributed by atoms with Crippen molar-refractivity contribution in [2.45, 2.75) is 33.6 Å². The third kappa shape index (κ3) is 5.16. The number of aromatic nitrogens is 2. The van der Waals surface area contributed by atoms with Crippen molar-refractivity contribution in [3.63, 3.8) is 0 Å². The lowest BCUT2D eigenvalue weighted by Gasteiger charge is -2.13. The first-order valence-corrected chi connectivity index (χ1v) is 9.25. The summed E-state index contributed by atoms with van der Waals surface area (Å²) >= 11 is 0. The van der Waals surface area contributed by atoms with Gasteiger partial charge in [-0.25, -0.2) is 9.97 Å². The van der Waals surface area contributed by atoms with Crippen LogP contribution in [0.1, 0.15) is 35.0 Å². The number of carbonyl (C=O) groups is 1. The predicted octanol–water partition coefficient (Wildman–Crippen LogP) is 5.19. The molecule has 0 unspecified atom stereocenters. The van der Waals surface area contributed by atoms with Crippen molar-refractivity contribution in [2.75, 3.05) is 11.9 Å². The average Bonchev–Trinajstić information content (AvgIpc) is 2.67. The molecule has 9 heteroatoms. The standard InChI is InChI=1S/C21H20F3N3O3/c1-4-9-29-20-18(26-16-10-12(2)13(3)11-17(16)27-20)19(28)25-14-5-7-15(8-6-14)30-21(22,23)24/h5-8,10-11H,4,9H2,1-3H3,(H,25,28). The number of hydrogen-bond acceptors (Lipinski definition) is 5. The fourth-order valence-electron chi connectivity index (χ4n) is 2.67. The van der Waals surface area contributed by atoms with Crippen LogP contribution in [-0.2, 0) is 0 Å². The van der Waals surface area contributed by atoms with Gasteiger partial charge in [-0.15, -0.1) is 13.2 Å². The fourth-order valence-corrected chi connectivity index (χ4v) is 2.67. The van der Waals surface area contributed by atoms with Crippen LogP contribution in [0.15, 0.2) is 36.4 Å². The number of nitrogens with one attached hydrogen (secondary N) is 1. The molecule has 0 radical (unpaired) electrons. The first-order chi connectivity index (χ1) is 14.2. The Kier molecular flexibility index (Phi) is 6.09. The van der Waals surface area contributed by atoms with Crippen LogP contribution >= 0.6 is 0 Å². The lowest BCUT2D eigenvalue weighted by Crippen LogP contribution is -2.18. The van der Waals surface area contributed by atoms with Gasteiger partial charge in [0.15, 0.2) is 5.69 Å². The minimum Gasteiger partial charge on any atom is -0.476 e. The lowest BCUT2D eigenvalue weighted by molar-refractivity contribution is -0.274. The Morgan fingerprint density at radius 3 is 2.20 bits per heavy atom. The molecular formula is C21H20F3N3O3. The summed E-state index contributed by atoms with van der Waals surface area (Å²) in [4.78, 5) is 21.7. The van der Waals surface area contributed by atoms with E-state index in [9.17, 15) is 18.0 Å². The molecule has 6 nitrogen and oxygen atoms in total. The summed E-state index contributed by atoms with van der Waals surface area (Å²) in [5.41, 5.74) is 3.46. The molecule has 1 amide bonds. The number of ether oxygens (including phenoxy) is 2.